The number of anilines is 2. The molecule has 0 bridgehead atoms. The Morgan fingerprint density at radius 1 is 1.56 bits per heavy atom. The van der Waals surface area contributed by atoms with Crippen molar-refractivity contribution in [3.8, 4) is 0 Å². The van der Waals surface area contributed by atoms with Crippen molar-refractivity contribution in [1.82, 2.24) is 4.98 Å². The summed E-state index contributed by atoms with van der Waals surface area (Å²) in [6.07, 6.45) is 2.40. The third-order valence-electron chi connectivity index (χ3n) is 2.35. The maximum atomic E-state index is 10.1. The topological polar surface area (TPSA) is 71.2 Å². The van der Waals surface area contributed by atoms with E-state index in [9.17, 15) is 5.11 Å². The lowest BCUT2D eigenvalue weighted by Crippen LogP contribution is -2.35. The standard InChI is InChI=1S/C12H21N3O/c1-9(2)7-12(3,16)8-15-10-5-4-6-14-11(10)13/h4-6,9,15-16H,7-8H2,1-3H3,(H2,13,14). The first-order valence-corrected chi connectivity index (χ1v) is 5.57. The fourth-order valence-electron chi connectivity index (χ4n) is 1.80. The molecule has 0 saturated carbocycles. The summed E-state index contributed by atoms with van der Waals surface area (Å²) in [4.78, 5) is 3.97. The van der Waals surface area contributed by atoms with Gasteiger partial charge in [0, 0.05) is 12.7 Å². The van der Waals surface area contributed by atoms with Gasteiger partial charge in [-0.2, -0.15) is 0 Å². The number of rotatable bonds is 5. The van der Waals surface area contributed by atoms with Gasteiger partial charge >= 0.3 is 0 Å². The highest BCUT2D eigenvalue weighted by Crippen LogP contribution is 2.19. The molecule has 0 aliphatic heterocycles. The predicted molar refractivity (Wildman–Crippen MR) is 67.2 cm³/mol. The molecule has 0 spiro atoms. The Labute approximate surface area is 96.9 Å². The number of pyridine rings is 1. The highest BCUT2D eigenvalue weighted by atomic mass is 16.3. The zero-order valence-electron chi connectivity index (χ0n) is 10.2. The molecule has 4 N–H and O–H groups in total. The normalized spacial score (nSPS) is 14.8. The molecule has 1 aromatic rings. The number of nitrogens with two attached hydrogens (primary N) is 1. The fourth-order valence-corrected chi connectivity index (χ4v) is 1.80. The van der Waals surface area contributed by atoms with Crippen molar-refractivity contribution in [3.05, 3.63) is 18.3 Å². The van der Waals surface area contributed by atoms with Gasteiger partial charge in [-0.05, 0) is 31.4 Å². The van der Waals surface area contributed by atoms with Crippen molar-refractivity contribution in [2.75, 3.05) is 17.6 Å². The summed E-state index contributed by atoms with van der Waals surface area (Å²) in [5.41, 5.74) is 5.74. The number of aromatic nitrogens is 1. The van der Waals surface area contributed by atoms with Crippen LogP contribution < -0.4 is 11.1 Å². The molecule has 1 aromatic heterocycles. The van der Waals surface area contributed by atoms with Crippen LogP contribution in [0.5, 0.6) is 0 Å². The molecule has 16 heavy (non-hydrogen) atoms. The molecule has 90 valence electrons. The van der Waals surface area contributed by atoms with Crippen molar-refractivity contribution in [1.29, 1.82) is 0 Å². The molecule has 1 rings (SSSR count). The fraction of sp³-hybridized carbons (Fsp3) is 0.583. The van der Waals surface area contributed by atoms with Gasteiger partial charge in [0.05, 0.1) is 11.3 Å². The Bertz CT molecular complexity index is 337. The van der Waals surface area contributed by atoms with Crippen LogP contribution in [-0.2, 0) is 0 Å². The third kappa shape index (κ3) is 4.06. The van der Waals surface area contributed by atoms with Crippen molar-refractivity contribution < 1.29 is 5.11 Å². The number of aliphatic hydroxyl groups is 1. The van der Waals surface area contributed by atoms with Crippen molar-refractivity contribution in [3.63, 3.8) is 0 Å². The number of nitrogens with one attached hydrogen (secondary N) is 1. The molecular formula is C12H21N3O. The maximum Gasteiger partial charge on any atom is 0.146 e. The molecule has 0 aliphatic rings. The van der Waals surface area contributed by atoms with Crippen molar-refractivity contribution >= 4 is 11.5 Å². The van der Waals surface area contributed by atoms with E-state index < -0.39 is 5.60 Å². The molecule has 1 unspecified atom stereocenters. The van der Waals surface area contributed by atoms with Crippen LogP contribution in [-0.4, -0.2) is 22.2 Å². The van der Waals surface area contributed by atoms with Crippen LogP contribution >= 0.6 is 0 Å². The lowest BCUT2D eigenvalue weighted by atomic mass is 9.94. The summed E-state index contributed by atoms with van der Waals surface area (Å²) < 4.78 is 0. The molecule has 0 aliphatic carbocycles. The van der Waals surface area contributed by atoms with E-state index in [1.54, 1.807) is 6.20 Å². The Kier molecular flexibility index (Phi) is 4.12. The average Bonchev–Trinajstić information content (AvgIpc) is 2.14. The van der Waals surface area contributed by atoms with Gasteiger partial charge in [0.2, 0.25) is 0 Å². The molecule has 0 aromatic carbocycles. The summed E-state index contributed by atoms with van der Waals surface area (Å²) in [6.45, 7) is 6.48. The van der Waals surface area contributed by atoms with Gasteiger partial charge in [-0.1, -0.05) is 13.8 Å². The Hall–Kier alpha value is -1.29. The van der Waals surface area contributed by atoms with E-state index in [0.29, 0.717) is 18.3 Å². The molecule has 1 heterocycles. The second kappa shape index (κ2) is 5.16. The van der Waals surface area contributed by atoms with E-state index in [1.165, 1.54) is 0 Å². The molecule has 0 fully saturated rings. The summed E-state index contributed by atoms with van der Waals surface area (Å²) in [5.74, 6) is 0.922. The minimum Gasteiger partial charge on any atom is -0.388 e. The molecule has 4 nitrogen and oxygen atoms in total. The SMILES string of the molecule is CC(C)CC(C)(O)CNc1cccnc1N. The summed E-state index contributed by atoms with van der Waals surface area (Å²) >= 11 is 0. The van der Waals surface area contributed by atoms with E-state index in [4.69, 9.17) is 5.73 Å². The summed E-state index contributed by atoms with van der Waals surface area (Å²) in [5, 5.41) is 13.2. The molecule has 1 atom stereocenters. The van der Waals surface area contributed by atoms with Crippen LogP contribution in [0, 0.1) is 5.92 Å². The highest BCUT2D eigenvalue weighted by molar-refractivity contribution is 5.60. The van der Waals surface area contributed by atoms with Crippen LogP contribution in [0.4, 0.5) is 11.5 Å². The smallest absolute Gasteiger partial charge is 0.146 e. The first-order valence-electron chi connectivity index (χ1n) is 5.57. The maximum absolute atomic E-state index is 10.1. The van der Waals surface area contributed by atoms with Gasteiger partial charge in [-0.25, -0.2) is 4.98 Å². The highest BCUT2D eigenvalue weighted by Gasteiger charge is 2.21. The van der Waals surface area contributed by atoms with Gasteiger partial charge < -0.3 is 16.2 Å². The lowest BCUT2D eigenvalue weighted by Gasteiger charge is -2.26. The number of hydrogen-bond acceptors (Lipinski definition) is 4. The van der Waals surface area contributed by atoms with Crippen LogP contribution in [0.3, 0.4) is 0 Å². The molecule has 0 saturated heterocycles. The van der Waals surface area contributed by atoms with Gasteiger partial charge in [0.1, 0.15) is 5.82 Å². The van der Waals surface area contributed by atoms with Crippen LogP contribution in [0.25, 0.3) is 0 Å². The summed E-state index contributed by atoms with van der Waals surface area (Å²) in [7, 11) is 0. The van der Waals surface area contributed by atoms with Crippen LogP contribution in [0.2, 0.25) is 0 Å². The van der Waals surface area contributed by atoms with Gasteiger partial charge in [-0.3, -0.25) is 0 Å². The van der Waals surface area contributed by atoms with Crippen molar-refractivity contribution in [2.24, 2.45) is 5.92 Å². The second-order valence-electron chi connectivity index (χ2n) is 4.88. The monoisotopic (exact) mass is 223 g/mol. The van der Waals surface area contributed by atoms with E-state index in [1.807, 2.05) is 19.1 Å². The van der Waals surface area contributed by atoms with Gasteiger partial charge in [-0.15, -0.1) is 0 Å². The van der Waals surface area contributed by atoms with E-state index >= 15 is 0 Å². The zero-order valence-corrected chi connectivity index (χ0v) is 10.2. The quantitative estimate of drug-likeness (QED) is 0.712. The minimum atomic E-state index is -0.726. The first kappa shape index (κ1) is 12.8. The van der Waals surface area contributed by atoms with E-state index in [2.05, 4.69) is 24.1 Å². The number of nitrogens with zero attached hydrogens (tertiary/aromatic N) is 1. The Morgan fingerprint density at radius 2 is 2.25 bits per heavy atom. The molecule has 0 radical (unpaired) electrons. The number of hydrogen-bond donors (Lipinski definition) is 3. The first-order chi connectivity index (χ1) is 7.41. The average molecular weight is 223 g/mol. The van der Waals surface area contributed by atoms with Gasteiger partial charge in [0.25, 0.3) is 0 Å². The molecular weight excluding hydrogens is 202 g/mol. The predicted octanol–water partition coefficient (Wildman–Crippen LogP) is 1.87. The van der Waals surface area contributed by atoms with E-state index in [-0.39, 0.29) is 0 Å². The minimum absolute atomic E-state index is 0.461. The van der Waals surface area contributed by atoms with Crippen LogP contribution in [0.15, 0.2) is 18.3 Å². The Morgan fingerprint density at radius 3 is 2.81 bits per heavy atom. The summed E-state index contributed by atoms with van der Waals surface area (Å²) in [6, 6.07) is 3.67. The molecule has 0 amide bonds. The molecule has 4 heteroatoms. The third-order valence-corrected chi connectivity index (χ3v) is 2.35. The largest absolute Gasteiger partial charge is 0.388 e. The zero-order chi connectivity index (χ0) is 12.2. The second-order valence-corrected chi connectivity index (χ2v) is 4.88. The Balaban J connectivity index is 2.54. The number of nitrogen functional groups attached to an aromatic ring is 1. The van der Waals surface area contributed by atoms with Crippen LogP contribution in [0.1, 0.15) is 27.2 Å². The lowest BCUT2D eigenvalue weighted by molar-refractivity contribution is 0.0516. The van der Waals surface area contributed by atoms with Crippen molar-refractivity contribution in [2.45, 2.75) is 32.8 Å². The van der Waals surface area contributed by atoms with E-state index in [0.717, 1.165) is 12.1 Å². The van der Waals surface area contributed by atoms with Gasteiger partial charge in [0.15, 0.2) is 0 Å².